The summed E-state index contributed by atoms with van der Waals surface area (Å²) in [6.07, 6.45) is 7.02. The van der Waals surface area contributed by atoms with E-state index in [1.165, 1.54) is 50.8 Å². The van der Waals surface area contributed by atoms with Gasteiger partial charge in [-0.25, -0.2) is 4.39 Å². The molecule has 1 aromatic carbocycles. The molecule has 2 aliphatic rings. The second-order valence-electron chi connectivity index (χ2n) is 6.46. The van der Waals surface area contributed by atoms with Crippen molar-refractivity contribution in [2.75, 3.05) is 13.1 Å². The van der Waals surface area contributed by atoms with Crippen molar-refractivity contribution < 1.29 is 4.39 Å². The maximum Gasteiger partial charge on any atom is 0.127 e. The largest absolute Gasteiger partial charge is 0.326 e. The first kappa shape index (κ1) is 14.0. The molecule has 2 unspecified atom stereocenters. The summed E-state index contributed by atoms with van der Waals surface area (Å²) in [5, 5.41) is 0. The zero-order valence-electron chi connectivity index (χ0n) is 12.2. The third-order valence-corrected chi connectivity index (χ3v) is 5.11. The van der Waals surface area contributed by atoms with Crippen LogP contribution in [0.3, 0.4) is 0 Å². The molecule has 0 radical (unpaired) electrons. The third kappa shape index (κ3) is 3.04. The molecule has 20 heavy (non-hydrogen) atoms. The lowest BCUT2D eigenvalue weighted by atomic mass is 9.75. The predicted octanol–water partition coefficient (Wildman–Crippen LogP) is 3.30. The van der Waals surface area contributed by atoms with Crippen LogP contribution < -0.4 is 5.73 Å². The molecule has 1 aromatic rings. The number of likely N-dealkylation sites (tertiary alicyclic amines) is 1. The Bertz CT molecular complexity index is 460. The summed E-state index contributed by atoms with van der Waals surface area (Å²) in [5.74, 6) is 1.68. The van der Waals surface area contributed by atoms with Crippen LogP contribution in [0.4, 0.5) is 4.39 Å². The molecule has 1 aliphatic carbocycles. The van der Waals surface area contributed by atoms with E-state index in [9.17, 15) is 4.39 Å². The summed E-state index contributed by atoms with van der Waals surface area (Å²) in [5.41, 5.74) is 7.42. The fourth-order valence-electron chi connectivity index (χ4n) is 3.96. The lowest BCUT2D eigenvalue weighted by Gasteiger charge is -2.41. The Hall–Kier alpha value is -0.930. The lowest BCUT2D eigenvalue weighted by molar-refractivity contribution is 0.0820. The number of nitrogens with two attached hydrogens (primary N) is 1. The van der Waals surface area contributed by atoms with Crippen molar-refractivity contribution in [3.05, 3.63) is 35.1 Å². The quantitative estimate of drug-likeness (QED) is 0.918. The minimum atomic E-state index is -0.178. The summed E-state index contributed by atoms with van der Waals surface area (Å²) in [7, 11) is 0. The predicted molar refractivity (Wildman–Crippen MR) is 79.6 cm³/mol. The van der Waals surface area contributed by atoms with Crippen molar-refractivity contribution >= 4 is 0 Å². The van der Waals surface area contributed by atoms with Gasteiger partial charge >= 0.3 is 0 Å². The molecular weight excluding hydrogens is 251 g/mol. The van der Waals surface area contributed by atoms with Gasteiger partial charge in [0.2, 0.25) is 0 Å². The Morgan fingerprint density at radius 2 is 1.95 bits per heavy atom. The van der Waals surface area contributed by atoms with Crippen LogP contribution in [-0.2, 0) is 13.1 Å². The molecular formula is C17H25FN2. The number of nitrogens with zero attached hydrogens (tertiary/aromatic N) is 1. The van der Waals surface area contributed by atoms with Gasteiger partial charge in [0.05, 0.1) is 0 Å². The highest BCUT2D eigenvalue weighted by Gasteiger charge is 2.30. The van der Waals surface area contributed by atoms with Crippen molar-refractivity contribution in [2.45, 2.75) is 45.2 Å². The van der Waals surface area contributed by atoms with Gasteiger partial charge in [0.1, 0.15) is 5.82 Å². The second-order valence-corrected chi connectivity index (χ2v) is 6.46. The van der Waals surface area contributed by atoms with Crippen molar-refractivity contribution in [1.82, 2.24) is 4.90 Å². The van der Waals surface area contributed by atoms with Gasteiger partial charge in [-0.05, 0) is 42.9 Å². The Morgan fingerprint density at radius 3 is 2.75 bits per heavy atom. The summed E-state index contributed by atoms with van der Waals surface area (Å²) in [4.78, 5) is 2.54. The fraction of sp³-hybridized carbons (Fsp3) is 0.647. The molecule has 2 atom stereocenters. The van der Waals surface area contributed by atoms with Crippen LogP contribution in [0.25, 0.3) is 0 Å². The Morgan fingerprint density at radius 1 is 1.15 bits per heavy atom. The number of rotatable bonds is 3. The maximum atomic E-state index is 13.5. The first-order chi connectivity index (χ1) is 9.76. The molecule has 1 saturated carbocycles. The molecule has 2 N–H and O–H groups in total. The van der Waals surface area contributed by atoms with Gasteiger partial charge in [0.15, 0.2) is 0 Å². The highest BCUT2D eigenvalue weighted by molar-refractivity contribution is 5.25. The van der Waals surface area contributed by atoms with Crippen LogP contribution in [0.5, 0.6) is 0 Å². The average molecular weight is 276 g/mol. The first-order valence-electron chi connectivity index (χ1n) is 7.96. The first-order valence-corrected chi connectivity index (χ1v) is 7.96. The molecule has 2 nitrogen and oxygen atoms in total. The Balaban J connectivity index is 1.63. The Labute approximate surface area is 121 Å². The van der Waals surface area contributed by atoms with E-state index in [4.69, 9.17) is 5.73 Å². The van der Waals surface area contributed by atoms with Crippen molar-refractivity contribution in [2.24, 2.45) is 17.6 Å². The molecule has 1 aliphatic heterocycles. The molecule has 0 bridgehead atoms. The van der Waals surface area contributed by atoms with Crippen LogP contribution in [0.2, 0.25) is 0 Å². The van der Waals surface area contributed by atoms with E-state index in [-0.39, 0.29) is 12.4 Å². The second kappa shape index (κ2) is 6.23. The van der Waals surface area contributed by atoms with E-state index in [1.54, 1.807) is 6.07 Å². The SMILES string of the molecule is NCc1cc(CN2CCC3CCCCC3C2)ccc1F. The molecule has 0 amide bonds. The zero-order chi connectivity index (χ0) is 13.9. The van der Waals surface area contributed by atoms with Gasteiger partial charge in [-0.15, -0.1) is 0 Å². The highest BCUT2D eigenvalue weighted by atomic mass is 19.1. The van der Waals surface area contributed by atoms with E-state index in [0.29, 0.717) is 5.56 Å². The van der Waals surface area contributed by atoms with Gasteiger partial charge in [-0.1, -0.05) is 31.4 Å². The van der Waals surface area contributed by atoms with Crippen molar-refractivity contribution in [3.8, 4) is 0 Å². The molecule has 1 heterocycles. The number of hydrogen-bond donors (Lipinski definition) is 1. The van der Waals surface area contributed by atoms with E-state index < -0.39 is 0 Å². The highest BCUT2D eigenvalue weighted by Crippen LogP contribution is 2.36. The third-order valence-electron chi connectivity index (χ3n) is 5.11. The van der Waals surface area contributed by atoms with Crippen LogP contribution in [0, 0.1) is 17.7 Å². The van der Waals surface area contributed by atoms with Gasteiger partial charge in [-0.3, -0.25) is 4.90 Å². The normalized spacial score (nSPS) is 27.3. The number of piperidine rings is 1. The molecule has 2 fully saturated rings. The van der Waals surface area contributed by atoms with Gasteiger partial charge in [0, 0.05) is 25.2 Å². The Kier molecular flexibility index (Phi) is 4.37. The smallest absolute Gasteiger partial charge is 0.127 e. The van der Waals surface area contributed by atoms with Gasteiger partial charge < -0.3 is 5.73 Å². The number of halogens is 1. The average Bonchev–Trinajstić information content (AvgIpc) is 2.49. The molecule has 3 rings (SSSR count). The van der Waals surface area contributed by atoms with Crippen LogP contribution in [0.1, 0.15) is 43.2 Å². The van der Waals surface area contributed by atoms with Crippen molar-refractivity contribution in [3.63, 3.8) is 0 Å². The number of benzene rings is 1. The minimum absolute atomic E-state index is 0.178. The van der Waals surface area contributed by atoms with Gasteiger partial charge in [0.25, 0.3) is 0 Å². The topological polar surface area (TPSA) is 29.3 Å². The zero-order valence-corrected chi connectivity index (χ0v) is 12.2. The summed E-state index contributed by atoms with van der Waals surface area (Å²) in [6, 6.07) is 5.40. The standard InChI is InChI=1S/C17H25FN2/c18-17-6-5-13(9-16(17)10-19)11-20-8-7-14-3-1-2-4-15(14)12-20/h5-6,9,14-15H,1-4,7-8,10-12,19H2. The van der Waals surface area contributed by atoms with Crippen LogP contribution >= 0.6 is 0 Å². The molecule has 110 valence electrons. The van der Waals surface area contributed by atoms with Crippen molar-refractivity contribution in [1.29, 1.82) is 0 Å². The monoisotopic (exact) mass is 276 g/mol. The van der Waals surface area contributed by atoms with E-state index in [1.807, 2.05) is 12.1 Å². The fourth-order valence-corrected chi connectivity index (χ4v) is 3.96. The van der Waals surface area contributed by atoms with Crippen LogP contribution in [-0.4, -0.2) is 18.0 Å². The number of hydrogen-bond acceptors (Lipinski definition) is 2. The van der Waals surface area contributed by atoms with Crippen LogP contribution in [0.15, 0.2) is 18.2 Å². The molecule has 1 saturated heterocycles. The minimum Gasteiger partial charge on any atom is -0.326 e. The molecule has 0 spiro atoms. The van der Waals surface area contributed by atoms with E-state index in [0.717, 1.165) is 18.4 Å². The van der Waals surface area contributed by atoms with E-state index in [2.05, 4.69) is 4.90 Å². The maximum absolute atomic E-state index is 13.5. The summed E-state index contributed by atoms with van der Waals surface area (Å²) in [6.45, 7) is 3.64. The molecule has 0 aromatic heterocycles. The van der Waals surface area contributed by atoms with Gasteiger partial charge in [-0.2, -0.15) is 0 Å². The summed E-state index contributed by atoms with van der Waals surface area (Å²) >= 11 is 0. The lowest BCUT2D eigenvalue weighted by Crippen LogP contribution is -2.41. The van der Waals surface area contributed by atoms with E-state index >= 15 is 0 Å². The number of fused-ring (bicyclic) bond motifs is 1. The molecule has 3 heteroatoms. The summed E-state index contributed by atoms with van der Waals surface area (Å²) < 4.78 is 13.5.